The Morgan fingerprint density at radius 1 is 1.08 bits per heavy atom. The first kappa shape index (κ1) is 24.7. The van der Waals surface area contributed by atoms with E-state index in [1.165, 1.54) is 12.1 Å². The van der Waals surface area contributed by atoms with Gasteiger partial charge in [-0.2, -0.15) is 14.2 Å². The number of benzene rings is 1. The van der Waals surface area contributed by atoms with E-state index in [1.807, 2.05) is 6.20 Å². The first-order valence-electron chi connectivity index (χ1n) is 12.0. The van der Waals surface area contributed by atoms with Gasteiger partial charge < -0.3 is 15.2 Å². The summed E-state index contributed by atoms with van der Waals surface area (Å²) < 4.78 is 43.6. The number of nitrogens with zero attached hydrogens (tertiary/aromatic N) is 8. The number of ether oxygens (including phenoxy) is 2. The van der Waals surface area contributed by atoms with E-state index in [2.05, 4.69) is 30.5 Å². The van der Waals surface area contributed by atoms with E-state index in [-0.39, 0.29) is 29.7 Å². The number of hydrogen-bond acceptors (Lipinski definition) is 9. The Morgan fingerprint density at radius 2 is 1.92 bits per heavy atom. The molecule has 5 rings (SSSR count). The fourth-order valence-corrected chi connectivity index (χ4v) is 4.14. The molecule has 1 saturated heterocycles. The molecule has 0 saturated carbocycles. The highest BCUT2D eigenvalue weighted by atomic mass is 19.2. The number of nitrogen functional groups attached to an aromatic ring is 1. The van der Waals surface area contributed by atoms with Gasteiger partial charge in [0.15, 0.2) is 17.4 Å². The van der Waals surface area contributed by atoms with Gasteiger partial charge in [-0.05, 0) is 48.0 Å². The van der Waals surface area contributed by atoms with Crippen LogP contribution in [0, 0.1) is 11.6 Å². The molecule has 1 aromatic carbocycles. The van der Waals surface area contributed by atoms with Crippen molar-refractivity contribution in [1.29, 1.82) is 0 Å². The molecule has 194 valence electrons. The molecule has 0 atom stereocenters. The van der Waals surface area contributed by atoms with Crippen LogP contribution in [-0.4, -0.2) is 79.3 Å². The number of pyridine rings is 1. The molecule has 37 heavy (non-hydrogen) atoms. The predicted octanol–water partition coefficient (Wildman–Crippen LogP) is 2.48. The van der Waals surface area contributed by atoms with Crippen molar-refractivity contribution in [3.8, 4) is 34.0 Å². The van der Waals surface area contributed by atoms with Crippen molar-refractivity contribution in [3.63, 3.8) is 0 Å². The van der Waals surface area contributed by atoms with Crippen molar-refractivity contribution >= 4 is 5.82 Å². The number of hydrogen-bond donors (Lipinski definition) is 1. The molecule has 4 heterocycles. The summed E-state index contributed by atoms with van der Waals surface area (Å²) in [5, 5.41) is 15.7. The monoisotopic (exact) mass is 511 g/mol. The van der Waals surface area contributed by atoms with Crippen molar-refractivity contribution in [2.45, 2.75) is 12.8 Å². The standard InChI is InChI=1S/C24H27F2N9O2/c1-33-15-17(14-29-33)16-12-18(23(27)28-13-16)24-30-31-32-35(24)19-4-5-20(22(26)21(19)25)37-9-3-2-6-34-7-10-36-11-8-34/h4-5,12-15H,2-3,6-11H2,1H3,(H2,27,28). The molecule has 2 N–H and O–H groups in total. The van der Waals surface area contributed by atoms with Crippen LogP contribution >= 0.6 is 0 Å². The van der Waals surface area contributed by atoms with E-state index in [0.29, 0.717) is 5.56 Å². The van der Waals surface area contributed by atoms with Gasteiger partial charge in [0.05, 0.1) is 31.6 Å². The number of halogens is 2. The van der Waals surface area contributed by atoms with Crippen LogP contribution in [0.4, 0.5) is 14.6 Å². The molecule has 3 aromatic heterocycles. The minimum absolute atomic E-state index is 0.117. The fourth-order valence-electron chi connectivity index (χ4n) is 4.14. The molecule has 0 spiro atoms. The van der Waals surface area contributed by atoms with E-state index < -0.39 is 11.6 Å². The first-order valence-corrected chi connectivity index (χ1v) is 12.0. The smallest absolute Gasteiger partial charge is 0.202 e. The lowest BCUT2D eigenvalue weighted by molar-refractivity contribution is 0.0367. The third kappa shape index (κ3) is 5.42. The molecule has 11 nitrogen and oxygen atoms in total. The second-order valence-corrected chi connectivity index (χ2v) is 8.69. The molecule has 1 aliphatic rings. The summed E-state index contributed by atoms with van der Waals surface area (Å²) in [6.45, 7) is 4.52. The molecular weight excluding hydrogens is 484 g/mol. The van der Waals surface area contributed by atoms with Crippen LogP contribution in [0.2, 0.25) is 0 Å². The Morgan fingerprint density at radius 3 is 2.70 bits per heavy atom. The van der Waals surface area contributed by atoms with Crippen LogP contribution in [-0.2, 0) is 11.8 Å². The quantitative estimate of drug-likeness (QED) is 0.338. The van der Waals surface area contributed by atoms with Gasteiger partial charge in [-0.25, -0.2) is 9.37 Å². The average Bonchev–Trinajstić information content (AvgIpc) is 3.57. The summed E-state index contributed by atoms with van der Waals surface area (Å²) in [5.41, 5.74) is 7.81. The highest BCUT2D eigenvalue weighted by Gasteiger charge is 2.22. The number of aromatic nitrogens is 7. The van der Waals surface area contributed by atoms with E-state index in [9.17, 15) is 4.39 Å². The zero-order valence-corrected chi connectivity index (χ0v) is 20.3. The Labute approximate surface area is 211 Å². The van der Waals surface area contributed by atoms with Crippen molar-refractivity contribution in [3.05, 3.63) is 48.4 Å². The summed E-state index contributed by atoms with van der Waals surface area (Å²) in [5.74, 6) is -2.15. The third-order valence-corrected chi connectivity index (χ3v) is 6.15. The maximum absolute atomic E-state index is 15.1. The van der Waals surface area contributed by atoms with E-state index >= 15 is 4.39 Å². The van der Waals surface area contributed by atoms with Gasteiger partial charge >= 0.3 is 0 Å². The number of rotatable bonds is 9. The minimum Gasteiger partial charge on any atom is -0.490 e. The largest absolute Gasteiger partial charge is 0.490 e. The van der Waals surface area contributed by atoms with Crippen molar-refractivity contribution in [2.75, 3.05) is 45.2 Å². The second kappa shape index (κ2) is 11.0. The lowest BCUT2D eigenvalue weighted by Gasteiger charge is -2.26. The highest BCUT2D eigenvalue weighted by molar-refractivity contribution is 5.76. The van der Waals surface area contributed by atoms with E-state index in [1.54, 1.807) is 30.2 Å². The second-order valence-electron chi connectivity index (χ2n) is 8.69. The lowest BCUT2D eigenvalue weighted by atomic mass is 10.1. The van der Waals surface area contributed by atoms with Crippen LogP contribution in [0.5, 0.6) is 5.75 Å². The lowest BCUT2D eigenvalue weighted by Crippen LogP contribution is -2.36. The maximum atomic E-state index is 15.1. The van der Waals surface area contributed by atoms with Crippen LogP contribution in [0.1, 0.15) is 12.8 Å². The van der Waals surface area contributed by atoms with Crippen LogP contribution in [0.15, 0.2) is 36.8 Å². The van der Waals surface area contributed by atoms with Gasteiger partial charge in [0.1, 0.15) is 11.5 Å². The first-order chi connectivity index (χ1) is 18.0. The molecule has 4 aromatic rings. The normalized spacial score (nSPS) is 14.2. The van der Waals surface area contributed by atoms with Gasteiger partial charge in [-0.15, -0.1) is 5.10 Å². The maximum Gasteiger partial charge on any atom is 0.202 e. The molecule has 0 aliphatic carbocycles. The molecule has 0 unspecified atom stereocenters. The zero-order chi connectivity index (χ0) is 25.8. The Balaban J connectivity index is 1.31. The van der Waals surface area contributed by atoms with Crippen molar-refractivity contribution < 1.29 is 18.3 Å². The molecule has 13 heteroatoms. The van der Waals surface area contributed by atoms with Crippen LogP contribution < -0.4 is 10.5 Å². The van der Waals surface area contributed by atoms with Crippen LogP contribution in [0.25, 0.3) is 28.2 Å². The number of aryl methyl sites for hydroxylation is 1. The van der Waals surface area contributed by atoms with Crippen molar-refractivity contribution in [2.24, 2.45) is 7.05 Å². The summed E-state index contributed by atoms with van der Waals surface area (Å²) >= 11 is 0. The molecule has 0 bridgehead atoms. The summed E-state index contributed by atoms with van der Waals surface area (Å²) in [6, 6.07) is 4.47. The summed E-state index contributed by atoms with van der Waals surface area (Å²) in [4.78, 5) is 6.54. The number of anilines is 1. The van der Waals surface area contributed by atoms with Gasteiger partial charge in [0.2, 0.25) is 5.82 Å². The average molecular weight is 512 g/mol. The molecular formula is C24H27F2N9O2. The van der Waals surface area contributed by atoms with Gasteiger partial charge in [-0.1, -0.05) is 0 Å². The number of unbranched alkanes of at least 4 members (excludes halogenated alkanes) is 1. The number of morpholine rings is 1. The molecule has 0 amide bonds. The van der Waals surface area contributed by atoms with Gasteiger partial charge in [-0.3, -0.25) is 9.58 Å². The van der Waals surface area contributed by atoms with Gasteiger partial charge in [0.25, 0.3) is 0 Å². The third-order valence-electron chi connectivity index (χ3n) is 6.15. The zero-order valence-electron chi connectivity index (χ0n) is 20.3. The topological polar surface area (TPSA) is 122 Å². The number of nitrogens with two attached hydrogens (primary N) is 1. The molecule has 1 aliphatic heterocycles. The van der Waals surface area contributed by atoms with E-state index in [4.69, 9.17) is 15.2 Å². The summed E-state index contributed by atoms with van der Waals surface area (Å²) in [7, 11) is 1.80. The SMILES string of the molecule is Cn1cc(-c2cnc(N)c(-c3nnnn3-c3ccc(OCCCCN4CCOCC4)c(F)c3F)c2)cn1. The summed E-state index contributed by atoms with van der Waals surface area (Å²) in [6.07, 6.45) is 6.70. The molecule has 1 fully saturated rings. The van der Waals surface area contributed by atoms with E-state index in [0.717, 1.165) is 61.5 Å². The predicted molar refractivity (Wildman–Crippen MR) is 131 cm³/mol. The molecule has 0 radical (unpaired) electrons. The van der Waals surface area contributed by atoms with Crippen molar-refractivity contribution in [1.82, 2.24) is 39.9 Å². The van der Waals surface area contributed by atoms with Gasteiger partial charge in [0, 0.05) is 43.7 Å². The number of tetrazole rings is 1. The Kier molecular flexibility index (Phi) is 7.32. The highest BCUT2D eigenvalue weighted by Crippen LogP contribution is 2.31. The Bertz CT molecular complexity index is 1370. The van der Waals surface area contributed by atoms with Crippen LogP contribution in [0.3, 0.4) is 0 Å². The fraction of sp³-hybridized carbons (Fsp3) is 0.375. The minimum atomic E-state index is -1.13. The Hall–Kier alpha value is -3.97.